The number of rotatable bonds is 4. The van der Waals surface area contributed by atoms with Crippen LogP contribution in [-0.2, 0) is 0 Å². The molecule has 3 nitrogen and oxygen atoms in total. The molecule has 0 radical (unpaired) electrons. The minimum Gasteiger partial charge on any atom is -0.397 e. The number of nitrogen functional groups attached to an aromatic ring is 1. The number of hydrogen-bond donors (Lipinski definition) is 3. The Hall–Kier alpha value is -1.36. The zero-order valence-electron chi connectivity index (χ0n) is 8.43. The Bertz CT molecular complexity index is 344. The van der Waals surface area contributed by atoms with Crippen molar-refractivity contribution in [2.24, 2.45) is 0 Å². The second-order valence-electron chi connectivity index (χ2n) is 3.27. The maximum absolute atomic E-state index is 13.2. The number of aliphatic hydroxyl groups is 1. The van der Waals surface area contributed by atoms with Gasteiger partial charge in [0.2, 0.25) is 0 Å². The lowest BCUT2D eigenvalue weighted by molar-refractivity contribution is 0.183. The van der Waals surface area contributed by atoms with Crippen LogP contribution in [0.5, 0.6) is 0 Å². The van der Waals surface area contributed by atoms with Crippen molar-refractivity contribution >= 4 is 11.4 Å². The molecule has 5 heteroatoms. The summed E-state index contributed by atoms with van der Waals surface area (Å²) in [5.41, 5.74) is 5.49. The second-order valence-corrected chi connectivity index (χ2v) is 3.27. The highest BCUT2D eigenvalue weighted by molar-refractivity contribution is 5.66. The van der Waals surface area contributed by atoms with Gasteiger partial charge >= 0.3 is 0 Å². The topological polar surface area (TPSA) is 58.3 Å². The smallest absolute Gasteiger partial charge is 0.183 e. The van der Waals surface area contributed by atoms with E-state index < -0.39 is 17.7 Å². The fraction of sp³-hybridized carbons (Fsp3) is 0.400. The SMILES string of the molecule is CCC(O)CNc1c(N)ccc(F)c1F. The van der Waals surface area contributed by atoms with E-state index in [1.54, 1.807) is 6.92 Å². The van der Waals surface area contributed by atoms with Gasteiger partial charge in [0, 0.05) is 6.54 Å². The molecule has 0 saturated heterocycles. The lowest BCUT2D eigenvalue weighted by Crippen LogP contribution is -2.19. The average Bonchev–Trinajstić information content (AvgIpc) is 2.23. The number of halogens is 2. The van der Waals surface area contributed by atoms with Crippen molar-refractivity contribution in [3.8, 4) is 0 Å². The first kappa shape index (κ1) is 11.7. The van der Waals surface area contributed by atoms with Crippen LogP contribution in [0, 0.1) is 11.6 Å². The van der Waals surface area contributed by atoms with E-state index in [2.05, 4.69) is 5.32 Å². The summed E-state index contributed by atoms with van der Waals surface area (Å²) in [6.07, 6.45) is -0.0730. The van der Waals surface area contributed by atoms with Crippen LogP contribution in [0.2, 0.25) is 0 Å². The van der Waals surface area contributed by atoms with E-state index in [1.165, 1.54) is 6.07 Å². The van der Waals surface area contributed by atoms with E-state index >= 15 is 0 Å². The number of benzene rings is 1. The molecule has 0 aliphatic carbocycles. The first-order chi connectivity index (χ1) is 7.06. The van der Waals surface area contributed by atoms with E-state index in [-0.39, 0.29) is 17.9 Å². The maximum atomic E-state index is 13.2. The highest BCUT2D eigenvalue weighted by Gasteiger charge is 2.12. The molecule has 0 amide bonds. The van der Waals surface area contributed by atoms with E-state index in [0.29, 0.717) is 6.42 Å². The summed E-state index contributed by atoms with van der Waals surface area (Å²) in [6, 6.07) is 2.24. The molecule has 0 aliphatic rings. The number of nitrogens with one attached hydrogen (secondary N) is 1. The van der Waals surface area contributed by atoms with Crippen molar-refractivity contribution in [3.05, 3.63) is 23.8 Å². The molecule has 4 N–H and O–H groups in total. The molecule has 1 aromatic carbocycles. The minimum absolute atomic E-state index is 0.0949. The molecule has 0 aromatic heterocycles. The molecule has 0 fully saturated rings. The Morgan fingerprint density at radius 1 is 1.47 bits per heavy atom. The molecule has 1 atom stereocenters. The monoisotopic (exact) mass is 216 g/mol. The third kappa shape index (κ3) is 2.79. The quantitative estimate of drug-likeness (QED) is 0.672. The Morgan fingerprint density at radius 2 is 2.13 bits per heavy atom. The molecule has 0 bridgehead atoms. The van der Waals surface area contributed by atoms with Gasteiger partial charge in [-0.15, -0.1) is 0 Å². The van der Waals surface area contributed by atoms with Gasteiger partial charge in [-0.3, -0.25) is 0 Å². The lowest BCUT2D eigenvalue weighted by atomic mass is 10.2. The van der Waals surface area contributed by atoms with Crippen molar-refractivity contribution in [1.29, 1.82) is 0 Å². The van der Waals surface area contributed by atoms with Crippen LogP contribution in [0.25, 0.3) is 0 Å². The molecule has 0 aliphatic heterocycles. The number of nitrogens with two attached hydrogens (primary N) is 1. The first-order valence-corrected chi connectivity index (χ1v) is 4.71. The van der Waals surface area contributed by atoms with E-state index in [4.69, 9.17) is 5.73 Å². The summed E-state index contributed by atoms with van der Waals surface area (Å²) in [7, 11) is 0. The van der Waals surface area contributed by atoms with Crippen molar-refractivity contribution in [3.63, 3.8) is 0 Å². The first-order valence-electron chi connectivity index (χ1n) is 4.71. The van der Waals surface area contributed by atoms with Crippen molar-refractivity contribution in [2.45, 2.75) is 19.4 Å². The Morgan fingerprint density at radius 3 is 2.73 bits per heavy atom. The van der Waals surface area contributed by atoms with E-state index in [9.17, 15) is 13.9 Å². The highest BCUT2D eigenvalue weighted by atomic mass is 19.2. The Labute approximate surface area is 86.9 Å². The van der Waals surface area contributed by atoms with Gasteiger partial charge in [0.25, 0.3) is 0 Å². The molecule has 0 spiro atoms. The molecule has 0 saturated carbocycles. The van der Waals surface area contributed by atoms with Crippen molar-refractivity contribution < 1.29 is 13.9 Å². The lowest BCUT2D eigenvalue weighted by Gasteiger charge is -2.13. The van der Waals surface area contributed by atoms with Crippen LogP contribution in [0.4, 0.5) is 20.2 Å². The largest absolute Gasteiger partial charge is 0.397 e. The summed E-state index contributed by atoms with van der Waals surface area (Å²) in [5, 5.41) is 11.8. The van der Waals surface area contributed by atoms with Gasteiger partial charge in [0.05, 0.1) is 17.5 Å². The molecule has 0 heterocycles. The Kier molecular flexibility index (Phi) is 3.85. The van der Waals surface area contributed by atoms with Crippen LogP contribution >= 0.6 is 0 Å². The number of aliphatic hydroxyl groups excluding tert-OH is 1. The van der Waals surface area contributed by atoms with Gasteiger partial charge in [0.1, 0.15) is 0 Å². The van der Waals surface area contributed by atoms with Gasteiger partial charge in [-0.1, -0.05) is 6.92 Å². The molecular formula is C10H14F2N2O. The van der Waals surface area contributed by atoms with E-state index in [0.717, 1.165) is 6.07 Å². The van der Waals surface area contributed by atoms with Crippen LogP contribution in [0.15, 0.2) is 12.1 Å². The molecule has 84 valence electrons. The zero-order valence-corrected chi connectivity index (χ0v) is 8.43. The zero-order chi connectivity index (χ0) is 11.4. The maximum Gasteiger partial charge on any atom is 0.183 e. The Balaban J connectivity index is 2.80. The summed E-state index contributed by atoms with van der Waals surface area (Å²) in [4.78, 5) is 0. The summed E-state index contributed by atoms with van der Waals surface area (Å²) < 4.78 is 26.1. The summed E-state index contributed by atoms with van der Waals surface area (Å²) in [6.45, 7) is 1.93. The minimum atomic E-state index is -1.02. The van der Waals surface area contributed by atoms with Crippen molar-refractivity contribution in [2.75, 3.05) is 17.6 Å². The third-order valence-corrected chi connectivity index (χ3v) is 2.11. The van der Waals surface area contributed by atoms with E-state index in [1.807, 2.05) is 0 Å². The van der Waals surface area contributed by atoms with Crippen LogP contribution in [0.3, 0.4) is 0 Å². The van der Waals surface area contributed by atoms with Crippen LogP contribution in [-0.4, -0.2) is 17.8 Å². The van der Waals surface area contributed by atoms with Gasteiger partial charge in [-0.25, -0.2) is 8.78 Å². The fourth-order valence-electron chi connectivity index (χ4n) is 1.11. The molecule has 1 aromatic rings. The number of anilines is 2. The third-order valence-electron chi connectivity index (χ3n) is 2.11. The van der Waals surface area contributed by atoms with Gasteiger partial charge in [-0.2, -0.15) is 0 Å². The predicted octanol–water partition coefficient (Wildman–Crippen LogP) is 1.73. The average molecular weight is 216 g/mol. The van der Waals surface area contributed by atoms with Gasteiger partial charge in [0.15, 0.2) is 11.6 Å². The molecule has 1 unspecified atom stereocenters. The van der Waals surface area contributed by atoms with Gasteiger partial charge in [-0.05, 0) is 18.6 Å². The second kappa shape index (κ2) is 4.93. The number of hydrogen-bond acceptors (Lipinski definition) is 3. The summed E-state index contributed by atoms with van der Waals surface area (Å²) >= 11 is 0. The van der Waals surface area contributed by atoms with Crippen molar-refractivity contribution in [1.82, 2.24) is 0 Å². The molecule has 1 rings (SSSR count). The molecular weight excluding hydrogens is 202 g/mol. The van der Waals surface area contributed by atoms with Gasteiger partial charge < -0.3 is 16.2 Å². The molecule has 15 heavy (non-hydrogen) atoms. The van der Waals surface area contributed by atoms with Crippen LogP contribution < -0.4 is 11.1 Å². The highest BCUT2D eigenvalue weighted by Crippen LogP contribution is 2.24. The normalized spacial score (nSPS) is 12.5. The summed E-state index contributed by atoms with van der Waals surface area (Å²) in [5.74, 6) is -1.98. The standard InChI is InChI=1S/C10H14F2N2O/c1-2-6(15)5-14-10-8(13)4-3-7(11)9(10)12/h3-4,6,14-15H,2,5,13H2,1H3. The fourth-order valence-corrected chi connectivity index (χ4v) is 1.11. The van der Waals surface area contributed by atoms with Crippen LogP contribution in [0.1, 0.15) is 13.3 Å². The predicted molar refractivity (Wildman–Crippen MR) is 55.6 cm³/mol.